The molecule has 0 radical (unpaired) electrons. The molecule has 0 amide bonds. The zero-order chi connectivity index (χ0) is 19.0. The fraction of sp³-hybridized carbons (Fsp3) is 0.227. The molecule has 3 nitrogen and oxygen atoms in total. The highest BCUT2D eigenvalue weighted by molar-refractivity contribution is 6.30. The average molecular weight is 383 g/mol. The topological polar surface area (TPSA) is 48.1 Å². The summed E-state index contributed by atoms with van der Waals surface area (Å²) in [6, 6.07) is 16.5. The maximum absolute atomic E-state index is 14.6. The summed E-state index contributed by atoms with van der Waals surface area (Å²) < 4.78 is 20.4. The normalized spacial score (nSPS) is 16.7. The summed E-state index contributed by atoms with van der Waals surface area (Å²) in [6.07, 6.45) is 0. The minimum absolute atomic E-state index is 0.0784. The molecule has 1 aliphatic heterocycles. The minimum Gasteiger partial charge on any atom is -0.490 e. The number of nitrogens with zero attached hydrogens (tertiary/aromatic N) is 1. The van der Waals surface area contributed by atoms with Crippen LogP contribution in [0.4, 0.5) is 4.39 Å². The van der Waals surface area contributed by atoms with E-state index in [0.717, 1.165) is 16.8 Å². The fourth-order valence-electron chi connectivity index (χ4n) is 3.54. The minimum atomic E-state index is -0.376. The Balaban J connectivity index is 1.92. The van der Waals surface area contributed by atoms with Gasteiger partial charge in [0, 0.05) is 34.5 Å². The summed E-state index contributed by atoms with van der Waals surface area (Å²) >= 11 is 6.12. The number of hydrogen-bond acceptors (Lipinski definition) is 3. The van der Waals surface area contributed by atoms with Crippen LogP contribution in [0.5, 0.6) is 5.75 Å². The second-order valence-corrected chi connectivity index (χ2v) is 7.29. The molecule has 0 spiro atoms. The van der Waals surface area contributed by atoms with Gasteiger partial charge in [-0.2, -0.15) is 0 Å². The predicted molar refractivity (Wildman–Crippen MR) is 106 cm³/mol. The maximum atomic E-state index is 14.6. The predicted octanol–water partition coefficient (Wildman–Crippen LogP) is 5.13. The van der Waals surface area contributed by atoms with E-state index in [-0.39, 0.29) is 17.7 Å². The Hall–Kier alpha value is -2.43. The van der Waals surface area contributed by atoms with Crippen molar-refractivity contribution in [2.75, 3.05) is 13.2 Å². The van der Waals surface area contributed by atoms with Gasteiger partial charge in [-0.25, -0.2) is 9.37 Å². The van der Waals surface area contributed by atoms with E-state index in [1.165, 1.54) is 12.1 Å². The van der Waals surface area contributed by atoms with Gasteiger partial charge in [-0.1, -0.05) is 48.9 Å². The molecule has 138 valence electrons. The van der Waals surface area contributed by atoms with E-state index in [1.807, 2.05) is 36.4 Å². The number of pyridine rings is 1. The number of aromatic nitrogens is 1. The van der Waals surface area contributed by atoms with Crippen molar-refractivity contribution in [3.8, 4) is 17.0 Å². The van der Waals surface area contributed by atoms with E-state index in [2.05, 4.69) is 6.92 Å². The van der Waals surface area contributed by atoms with E-state index in [4.69, 9.17) is 27.1 Å². The Bertz CT molecular complexity index is 978. The molecule has 0 saturated carbocycles. The van der Waals surface area contributed by atoms with Gasteiger partial charge in [-0.3, -0.25) is 0 Å². The van der Waals surface area contributed by atoms with Crippen LogP contribution in [0.2, 0.25) is 5.02 Å². The summed E-state index contributed by atoms with van der Waals surface area (Å²) in [5.41, 5.74) is 9.85. The molecule has 2 N–H and O–H groups in total. The molecule has 0 bridgehead atoms. The molecule has 0 fully saturated rings. The largest absolute Gasteiger partial charge is 0.490 e. The fourth-order valence-corrected chi connectivity index (χ4v) is 3.71. The molecule has 2 heterocycles. The maximum Gasteiger partial charge on any atom is 0.149 e. The lowest BCUT2D eigenvalue weighted by atomic mass is 9.91. The second-order valence-electron chi connectivity index (χ2n) is 6.85. The molecule has 2 unspecified atom stereocenters. The van der Waals surface area contributed by atoms with Crippen molar-refractivity contribution >= 4 is 11.6 Å². The molecule has 2 aromatic carbocycles. The van der Waals surface area contributed by atoms with Gasteiger partial charge >= 0.3 is 0 Å². The molecule has 1 aromatic heterocycles. The van der Waals surface area contributed by atoms with Crippen molar-refractivity contribution in [1.29, 1.82) is 0 Å². The Morgan fingerprint density at radius 1 is 1.22 bits per heavy atom. The van der Waals surface area contributed by atoms with Crippen molar-refractivity contribution in [1.82, 2.24) is 4.98 Å². The van der Waals surface area contributed by atoms with Gasteiger partial charge < -0.3 is 10.5 Å². The standard InChI is InChI=1S/C22H20ClFN2O/c1-13-12-27-22-16(13)10-20(18(11-25)14-5-3-2-4-6-14)26-21(22)17-9-15(23)7-8-19(17)24/h2-10,13,18H,11-12,25H2,1H3. The lowest BCUT2D eigenvalue weighted by Gasteiger charge is -2.18. The number of rotatable bonds is 4. The summed E-state index contributed by atoms with van der Waals surface area (Å²) in [6.45, 7) is 3.05. The quantitative estimate of drug-likeness (QED) is 0.680. The van der Waals surface area contributed by atoms with Crippen LogP contribution in [0, 0.1) is 5.82 Å². The SMILES string of the molecule is CC1COc2c1cc(C(CN)c1ccccc1)nc2-c1cc(Cl)ccc1F. The van der Waals surface area contributed by atoms with Gasteiger partial charge in [0.05, 0.1) is 12.3 Å². The molecule has 3 aromatic rings. The van der Waals surface area contributed by atoms with Crippen LogP contribution >= 0.6 is 11.6 Å². The van der Waals surface area contributed by atoms with Gasteiger partial charge in [0.2, 0.25) is 0 Å². The highest BCUT2D eigenvalue weighted by atomic mass is 35.5. The third kappa shape index (κ3) is 3.31. The van der Waals surface area contributed by atoms with Gasteiger partial charge in [0.25, 0.3) is 0 Å². The summed E-state index contributed by atoms with van der Waals surface area (Å²) in [5.74, 6) is 0.386. The monoisotopic (exact) mass is 382 g/mol. The van der Waals surface area contributed by atoms with Crippen LogP contribution in [0.15, 0.2) is 54.6 Å². The summed E-state index contributed by atoms with van der Waals surface area (Å²) in [5, 5.41) is 0.455. The van der Waals surface area contributed by atoms with Crippen molar-refractivity contribution < 1.29 is 9.13 Å². The van der Waals surface area contributed by atoms with Crippen LogP contribution in [-0.4, -0.2) is 18.1 Å². The highest BCUT2D eigenvalue weighted by Crippen LogP contribution is 2.43. The molecular weight excluding hydrogens is 363 g/mol. The highest BCUT2D eigenvalue weighted by Gasteiger charge is 2.29. The molecule has 0 aliphatic carbocycles. The number of fused-ring (bicyclic) bond motifs is 1. The molecule has 5 heteroatoms. The third-order valence-electron chi connectivity index (χ3n) is 5.01. The number of ether oxygens (including phenoxy) is 1. The first-order chi connectivity index (χ1) is 13.1. The molecule has 27 heavy (non-hydrogen) atoms. The Kier molecular flexibility index (Phi) is 4.85. The molecule has 4 rings (SSSR count). The zero-order valence-electron chi connectivity index (χ0n) is 15.0. The lowest BCUT2D eigenvalue weighted by molar-refractivity contribution is 0.337. The number of benzene rings is 2. The average Bonchev–Trinajstić information content (AvgIpc) is 3.06. The van der Waals surface area contributed by atoms with Crippen molar-refractivity contribution in [2.24, 2.45) is 5.73 Å². The first kappa shape index (κ1) is 18.0. The summed E-state index contributed by atoms with van der Waals surface area (Å²) in [4.78, 5) is 4.79. The smallest absolute Gasteiger partial charge is 0.149 e. The zero-order valence-corrected chi connectivity index (χ0v) is 15.7. The Morgan fingerprint density at radius 3 is 2.74 bits per heavy atom. The van der Waals surface area contributed by atoms with E-state index in [0.29, 0.717) is 35.2 Å². The van der Waals surface area contributed by atoms with Crippen molar-refractivity contribution in [2.45, 2.75) is 18.8 Å². The van der Waals surface area contributed by atoms with E-state index in [9.17, 15) is 4.39 Å². The Labute approximate surface area is 163 Å². The first-order valence-corrected chi connectivity index (χ1v) is 9.34. The van der Waals surface area contributed by atoms with Crippen LogP contribution in [0.3, 0.4) is 0 Å². The molecule has 1 aliphatic rings. The van der Waals surface area contributed by atoms with Crippen LogP contribution in [-0.2, 0) is 0 Å². The van der Waals surface area contributed by atoms with Gasteiger partial charge in [-0.05, 0) is 29.8 Å². The van der Waals surface area contributed by atoms with E-state index in [1.54, 1.807) is 6.07 Å². The van der Waals surface area contributed by atoms with Crippen LogP contribution < -0.4 is 10.5 Å². The molecular formula is C22H20ClFN2O. The summed E-state index contributed by atoms with van der Waals surface area (Å²) in [7, 11) is 0. The Morgan fingerprint density at radius 2 is 2.00 bits per heavy atom. The van der Waals surface area contributed by atoms with Crippen molar-refractivity contribution in [3.63, 3.8) is 0 Å². The lowest BCUT2D eigenvalue weighted by Crippen LogP contribution is -2.16. The number of nitrogens with two attached hydrogens (primary N) is 1. The van der Waals surface area contributed by atoms with Crippen molar-refractivity contribution in [3.05, 3.63) is 82.3 Å². The first-order valence-electron chi connectivity index (χ1n) is 8.96. The number of hydrogen-bond donors (Lipinski definition) is 1. The van der Waals surface area contributed by atoms with E-state index >= 15 is 0 Å². The van der Waals surface area contributed by atoms with Crippen LogP contribution in [0.25, 0.3) is 11.3 Å². The van der Waals surface area contributed by atoms with E-state index < -0.39 is 0 Å². The van der Waals surface area contributed by atoms with Gasteiger partial charge in [0.15, 0.2) is 0 Å². The van der Waals surface area contributed by atoms with Gasteiger partial charge in [-0.15, -0.1) is 0 Å². The molecule has 2 atom stereocenters. The number of halogens is 2. The van der Waals surface area contributed by atoms with Gasteiger partial charge in [0.1, 0.15) is 17.3 Å². The molecule has 0 saturated heterocycles. The third-order valence-corrected chi connectivity index (χ3v) is 5.24. The van der Waals surface area contributed by atoms with Crippen LogP contribution in [0.1, 0.15) is 35.6 Å². The second kappa shape index (κ2) is 7.29.